The molecule has 120 valence electrons. The zero-order chi connectivity index (χ0) is 16.5. The maximum atomic E-state index is 12.1. The number of anilines is 1. The van der Waals surface area contributed by atoms with Crippen molar-refractivity contribution in [2.24, 2.45) is 5.92 Å². The smallest absolute Gasteiger partial charge is 0.399 e. The minimum absolute atomic E-state index is 0.0129. The van der Waals surface area contributed by atoms with Crippen molar-refractivity contribution in [3.63, 3.8) is 0 Å². The second-order valence-corrected chi connectivity index (χ2v) is 7.32. The molecule has 0 radical (unpaired) electrons. The van der Waals surface area contributed by atoms with Gasteiger partial charge in [-0.2, -0.15) is 0 Å². The summed E-state index contributed by atoms with van der Waals surface area (Å²) in [5.74, 6) is 0.336. The van der Waals surface area contributed by atoms with Gasteiger partial charge in [0.1, 0.15) is 0 Å². The molecule has 0 aliphatic carbocycles. The van der Waals surface area contributed by atoms with E-state index in [1.165, 1.54) is 0 Å². The number of benzene rings is 1. The first-order valence-corrected chi connectivity index (χ1v) is 7.87. The highest BCUT2D eigenvalue weighted by Gasteiger charge is 2.52. The molecule has 1 aliphatic rings. The number of amides is 1. The van der Waals surface area contributed by atoms with Crippen molar-refractivity contribution in [2.45, 2.75) is 59.2 Å². The van der Waals surface area contributed by atoms with Crippen molar-refractivity contribution in [1.29, 1.82) is 0 Å². The van der Waals surface area contributed by atoms with Crippen LogP contribution in [-0.2, 0) is 14.1 Å². The first-order valence-electron chi connectivity index (χ1n) is 7.87. The van der Waals surface area contributed by atoms with E-state index >= 15 is 0 Å². The van der Waals surface area contributed by atoms with Crippen LogP contribution in [0.2, 0.25) is 0 Å². The average molecular weight is 303 g/mol. The fourth-order valence-corrected chi connectivity index (χ4v) is 2.36. The summed E-state index contributed by atoms with van der Waals surface area (Å²) in [5, 5.41) is 2.97. The second kappa shape index (κ2) is 6.05. The Morgan fingerprint density at radius 2 is 1.68 bits per heavy atom. The van der Waals surface area contributed by atoms with Crippen molar-refractivity contribution in [1.82, 2.24) is 0 Å². The lowest BCUT2D eigenvalue weighted by molar-refractivity contribution is -0.116. The van der Waals surface area contributed by atoms with Gasteiger partial charge in [-0.05, 0) is 39.7 Å². The fraction of sp³-hybridized carbons (Fsp3) is 0.588. The third kappa shape index (κ3) is 3.53. The molecule has 1 aromatic carbocycles. The molecule has 1 aromatic rings. The number of carbonyl (C=O) groups excluding carboxylic acids is 1. The van der Waals surface area contributed by atoms with Crippen LogP contribution in [0.4, 0.5) is 5.69 Å². The third-order valence-electron chi connectivity index (χ3n) is 4.34. The largest absolute Gasteiger partial charge is 0.496 e. The van der Waals surface area contributed by atoms with Gasteiger partial charge >= 0.3 is 7.12 Å². The molecule has 0 saturated carbocycles. The zero-order valence-corrected chi connectivity index (χ0v) is 14.4. The molecule has 0 aromatic heterocycles. The lowest BCUT2D eigenvalue weighted by Gasteiger charge is -2.32. The van der Waals surface area contributed by atoms with Gasteiger partial charge in [-0.15, -0.1) is 0 Å². The minimum atomic E-state index is -0.472. The van der Waals surface area contributed by atoms with Gasteiger partial charge < -0.3 is 14.6 Å². The maximum absolute atomic E-state index is 12.1. The van der Waals surface area contributed by atoms with E-state index in [-0.39, 0.29) is 5.91 Å². The molecule has 2 rings (SSSR count). The second-order valence-electron chi connectivity index (χ2n) is 7.32. The molecule has 1 aliphatic heterocycles. The summed E-state index contributed by atoms with van der Waals surface area (Å²) < 4.78 is 12.2. The van der Waals surface area contributed by atoms with Crippen LogP contribution in [0, 0.1) is 5.92 Å². The van der Waals surface area contributed by atoms with Crippen LogP contribution in [0.1, 0.15) is 48.0 Å². The third-order valence-corrected chi connectivity index (χ3v) is 4.34. The topological polar surface area (TPSA) is 47.6 Å². The summed E-state index contributed by atoms with van der Waals surface area (Å²) in [7, 11) is -0.472. The standard InChI is InChI=1S/C17H26BNO3/c1-12(2)11-15(20)19-14-10-8-7-9-13(14)18-21-16(3,4)17(5,6)22-18/h7-10,12H,11H2,1-6H3,(H,19,20). The Hall–Kier alpha value is -1.33. The number of hydrogen-bond acceptors (Lipinski definition) is 3. The van der Waals surface area contributed by atoms with E-state index in [1.807, 2.05) is 65.8 Å². The molecule has 22 heavy (non-hydrogen) atoms. The van der Waals surface area contributed by atoms with Gasteiger partial charge in [0.25, 0.3) is 0 Å². The van der Waals surface area contributed by atoms with Gasteiger partial charge in [-0.3, -0.25) is 4.79 Å². The first-order chi connectivity index (χ1) is 10.1. The highest BCUT2D eigenvalue weighted by molar-refractivity contribution is 6.64. The van der Waals surface area contributed by atoms with Crippen LogP contribution >= 0.6 is 0 Å². The molecule has 1 amide bonds. The lowest BCUT2D eigenvalue weighted by atomic mass is 9.77. The van der Waals surface area contributed by atoms with E-state index in [1.54, 1.807) is 0 Å². The molecule has 0 unspecified atom stereocenters. The van der Waals surface area contributed by atoms with E-state index in [2.05, 4.69) is 5.32 Å². The Kier molecular flexibility index (Phi) is 4.69. The van der Waals surface area contributed by atoms with E-state index < -0.39 is 18.3 Å². The number of hydrogen-bond donors (Lipinski definition) is 1. The predicted molar refractivity (Wildman–Crippen MR) is 90.2 cm³/mol. The van der Waals surface area contributed by atoms with Crippen LogP contribution < -0.4 is 10.8 Å². The normalized spacial score (nSPS) is 19.5. The Morgan fingerprint density at radius 1 is 1.14 bits per heavy atom. The summed E-state index contributed by atoms with van der Waals surface area (Å²) in [6.45, 7) is 12.1. The van der Waals surface area contributed by atoms with E-state index in [0.29, 0.717) is 12.3 Å². The molecular formula is C17H26BNO3. The summed E-state index contributed by atoms with van der Waals surface area (Å²) in [4.78, 5) is 12.1. The molecule has 0 bridgehead atoms. The zero-order valence-electron chi connectivity index (χ0n) is 14.4. The molecular weight excluding hydrogens is 277 g/mol. The van der Waals surface area contributed by atoms with Gasteiger partial charge in [-0.25, -0.2) is 0 Å². The van der Waals surface area contributed by atoms with E-state index in [4.69, 9.17) is 9.31 Å². The van der Waals surface area contributed by atoms with Crippen molar-refractivity contribution >= 4 is 24.2 Å². The summed E-state index contributed by atoms with van der Waals surface area (Å²) >= 11 is 0. The minimum Gasteiger partial charge on any atom is -0.399 e. The molecule has 0 spiro atoms. The molecule has 1 fully saturated rings. The number of carbonyl (C=O) groups is 1. The molecule has 5 heteroatoms. The number of para-hydroxylation sites is 1. The van der Waals surface area contributed by atoms with E-state index in [0.717, 1.165) is 11.2 Å². The predicted octanol–water partition coefficient (Wildman–Crippen LogP) is 2.97. The van der Waals surface area contributed by atoms with Gasteiger partial charge in [0.15, 0.2) is 0 Å². The molecule has 1 N–H and O–H groups in total. The van der Waals surface area contributed by atoms with Crippen LogP contribution in [-0.4, -0.2) is 24.2 Å². The quantitative estimate of drug-likeness (QED) is 0.870. The molecule has 1 saturated heterocycles. The monoisotopic (exact) mass is 303 g/mol. The Balaban J connectivity index is 2.21. The van der Waals surface area contributed by atoms with Gasteiger partial charge in [-0.1, -0.05) is 32.0 Å². The van der Waals surface area contributed by atoms with Crippen LogP contribution in [0.25, 0.3) is 0 Å². The van der Waals surface area contributed by atoms with Gasteiger partial charge in [0.05, 0.1) is 11.2 Å². The number of rotatable bonds is 4. The summed E-state index contributed by atoms with van der Waals surface area (Å²) in [5.41, 5.74) is 0.823. The van der Waals surface area contributed by atoms with Crippen LogP contribution in [0.5, 0.6) is 0 Å². The SMILES string of the molecule is CC(C)CC(=O)Nc1ccccc1B1OC(C)(C)C(C)(C)O1. The number of nitrogens with one attached hydrogen (secondary N) is 1. The molecule has 1 heterocycles. The fourth-order valence-electron chi connectivity index (χ4n) is 2.36. The van der Waals surface area contributed by atoms with Gasteiger partial charge in [0, 0.05) is 17.6 Å². The lowest BCUT2D eigenvalue weighted by Crippen LogP contribution is -2.41. The maximum Gasteiger partial charge on any atom is 0.496 e. The highest BCUT2D eigenvalue weighted by Crippen LogP contribution is 2.36. The molecule has 0 atom stereocenters. The van der Waals surface area contributed by atoms with E-state index in [9.17, 15) is 4.79 Å². The van der Waals surface area contributed by atoms with Crippen LogP contribution in [0.3, 0.4) is 0 Å². The Bertz CT molecular complexity index is 539. The van der Waals surface area contributed by atoms with Crippen LogP contribution in [0.15, 0.2) is 24.3 Å². The summed E-state index contributed by atoms with van der Waals surface area (Å²) in [6, 6.07) is 7.66. The summed E-state index contributed by atoms with van der Waals surface area (Å²) in [6.07, 6.45) is 0.498. The highest BCUT2D eigenvalue weighted by atomic mass is 16.7. The average Bonchev–Trinajstić information content (AvgIpc) is 2.57. The van der Waals surface area contributed by atoms with Crippen molar-refractivity contribution in [3.8, 4) is 0 Å². The first kappa shape index (κ1) is 17.0. The van der Waals surface area contributed by atoms with Crippen molar-refractivity contribution in [3.05, 3.63) is 24.3 Å². The molecule has 4 nitrogen and oxygen atoms in total. The van der Waals surface area contributed by atoms with Gasteiger partial charge in [0.2, 0.25) is 5.91 Å². The van der Waals surface area contributed by atoms with Crippen molar-refractivity contribution < 1.29 is 14.1 Å². The van der Waals surface area contributed by atoms with Crippen molar-refractivity contribution in [2.75, 3.05) is 5.32 Å². The Labute approximate surface area is 133 Å². The Morgan fingerprint density at radius 3 is 2.23 bits per heavy atom.